The third kappa shape index (κ3) is 5.30. The largest absolute Gasteiger partial charge is 0.299 e. The zero-order chi connectivity index (χ0) is 20.1. The van der Waals surface area contributed by atoms with Crippen molar-refractivity contribution in [3.63, 3.8) is 0 Å². The number of rotatable bonds is 8. The molecule has 1 fully saturated rings. The van der Waals surface area contributed by atoms with E-state index in [9.17, 15) is 14.4 Å². The van der Waals surface area contributed by atoms with Crippen LogP contribution < -0.4 is 0 Å². The molecular formula is C23H22Cl2O3. The number of Topliss-reactive ketones (excluding diaryl/α,β-unsaturated/α-hetero) is 3. The zero-order valence-electron chi connectivity index (χ0n) is 15.5. The van der Waals surface area contributed by atoms with Crippen LogP contribution in [0.5, 0.6) is 0 Å². The molecule has 0 unspecified atom stereocenters. The molecule has 0 aromatic heterocycles. The van der Waals surface area contributed by atoms with Gasteiger partial charge in [-0.15, -0.1) is 0 Å². The van der Waals surface area contributed by atoms with Crippen LogP contribution in [-0.2, 0) is 4.79 Å². The van der Waals surface area contributed by atoms with Gasteiger partial charge in [-0.3, -0.25) is 14.4 Å². The van der Waals surface area contributed by atoms with E-state index in [2.05, 4.69) is 0 Å². The SMILES string of the molecule is O=C(CC[C@@H]1CC[C@H](CCC(=O)c2ccc(Cl)cc2)C1=O)c1ccc(Cl)cc1. The number of hydrogen-bond donors (Lipinski definition) is 0. The molecule has 1 aliphatic rings. The lowest BCUT2D eigenvalue weighted by Gasteiger charge is -2.10. The Morgan fingerprint density at radius 2 is 1.07 bits per heavy atom. The Hall–Kier alpha value is -1.97. The molecule has 0 N–H and O–H groups in total. The standard InChI is InChI=1S/C23H22Cl2O3/c24-19-9-3-15(4-10-19)21(26)13-7-17-1-2-18(23(17)28)8-14-22(27)16-5-11-20(25)12-6-16/h3-6,9-12,17-18H,1-2,7-8,13-14H2/t17-,18+. The average molecular weight is 417 g/mol. The predicted molar refractivity (Wildman–Crippen MR) is 111 cm³/mol. The van der Waals surface area contributed by atoms with Gasteiger partial charge in [-0.1, -0.05) is 23.2 Å². The van der Waals surface area contributed by atoms with Crippen LogP contribution in [0, 0.1) is 11.8 Å². The van der Waals surface area contributed by atoms with Crippen molar-refractivity contribution in [1.82, 2.24) is 0 Å². The second-order valence-electron chi connectivity index (χ2n) is 7.31. The van der Waals surface area contributed by atoms with Crippen molar-refractivity contribution >= 4 is 40.6 Å². The molecule has 1 saturated carbocycles. The van der Waals surface area contributed by atoms with Crippen molar-refractivity contribution in [2.75, 3.05) is 0 Å². The highest BCUT2D eigenvalue weighted by molar-refractivity contribution is 6.31. The first-order chi connectivity index (χ1) is 13.4. The van der Waals surface area contributed by atoms with Crippen LogP contribution in [0.3, 0.4) is 0 Å². The normalized spacial score (nSPS) is 19.0. The summed E-state index contributed by atoms with van der Waals surface area (Å²) in [7, 11) is 0. The van der Waals surface area contributed by atoms with Crippen molar-refractivity contribution in [1.29, 1.82) is 0 Å². The molecule has 0 heterocycles. The maximum atomic E-state index is 12.6. The van der Waals surface area contributed by atoms with Gasteiger partial charge in [0, 0.05) is 45.8 Å². The predicted octanol–water partition coefficient (Wildman–Crippen LogP) is 6.21. The molecule has 1 aliphatic carbocycles. The fourth-order valence-electron chi connectivity index (χ4n) is 3.76. The quantitative estimate of drug-likeness (QED) is 0.480. The van der Waals surface area contributed by atoms with E-state index in [-0.39, 0.29) is 29.2 Å². The Kier molecular flexibility index (Phi) is 7.03. The molecule has 2 atom stereocenters. The molecule has 0 radical (unpaired) electrons. The number of ketones is 3. The van der Waals surface area contributed by atoms with E-state index in [4.69, 9.17) is 23.2 Å². The summed E-state index contributed by atoms with van der Waals surface area (Å²) in [5, 5.41) is 1.19. The maximum absolute atomic E-state index is 12.6. The Bertz CT molecular complexity index is 785. The van der Waals surface area contributed by atoms with E-state index in [1.54, 1.807) is 48.5 Å². The monoisotopic (exact) mass is 416 g/mol. The van der Waals surface area contributed by atoms with Crippen LogP contribution in [0.4, 0.5) is 0 Å². The molecule has 146 valence electrons. The summed E-state index contributed by atoms with van der Waals surface area (Å²) in [6.07, 6.45) is 3.45. The third-order valence-electron chi connectivity index (χ3n) is 5.44. The van der Waals surface area contributed by atoms with Crippen molar-refractivity contribution in [3.8, 4) is 0 Å². The van der Waals surface area contributed by atoms with Gasteiger partial charge < -0.3 is 0 Å². The van der Waals surface area contributed by atoms with Crippen LogP contribution in [-0.4, -0.2) is 17.3 Å². The molecule has 3 rings (SSSR count). The summed E-state index contributed by atoms with van der Waals surface area (Å²) in [6.45, 7) is 0. The number of benzene rings is 2. The lowest BCUT2D eigenvalue weighted by molar-refractivity contribution is -0.124. The first-order valence-corrected chi connectivity index (χ1v) is 10.3. The Morgan fingerprint density at radius 1 is 0.714 bits per heavy atom. The second-order valence-corrected chi connectivity index (χ2v) is 8.18. The number of halogens is 2. The smallest absolute Gasteiger partial charge is 0.162 e. The Morgan fingerprint density at radius 3 is 1.43 bits per heavy atom. The van der Waals surface area contributed by atoms with E-state index in [1.165, 1.54) is 0 Å². The topological polar surface area (TPSA) is 51.2 Å². The van der Waals surface area contributed by atoms with Crippen molar-refractivity contribution < 1.29 is 14.4 Å². The van der Waals surface area contributed by atoms with E-state index in [0.717, 1.165) is 12.8 Å². The van der Waals surface area contributed by atoms with Gasteiger partial charge in [0.05, 0.1) is 0 Å². The lowest BCUT2D eigenvalue weighted by Crippen LogP contribution is -2.16. The van der Waals surface area contributed by atoms with Gasteiger partial charge in [0.1, 0.15) is 5.78 Å². The number of carbonyl (C=O) groups excluding carboxylic acids is 3. The van der Waals surface area contributed by atoms with Gasteiger partial charge in [0.2, 0.25) is 0 Å². The average Bonchev–Trinajstić information content (AvgIpc) is 3.05. The molecule has 0 spiro atoms. The summed E-state index contributed by atoms with van der Waals surface area (Å²) >= 11 is 11.7. The molecule has 0 bridgehead atoms. The van der Waals surface area contributed by atoms with Crippen LogP contribution >= 0.6 is 23.2 Å². The Balaban J connectivity index is 1.46. The molecule has 0 saturated heterocycles. The van der Waals surface area contributed by atoms with Crippen LogP contribution in [0.15, 0.2) is 48.5 Å². The van der Waals surface area contributed by atoms with E-state index >= 15 is 0 Å². The molecule has 2 aromatic carbocycles. The van der Waals surface area contributed by atoms with Gasteiger partial charge in [0.25, 0.3) is 0 Å². The molecule has 2 aromatic rings. The summed E-state index contributed by atoms with van der Waals surface area (Å²) in [5.74, 6) is 0.114. The number of carbonyl (C=O) groups is 3. The van der Waals surface area contributed by atoms with Crippen LogP contribution in [0.2, 0.25) is 10.0 Å². The molecule has 0 aliphatic heterocycles. The molecule has 0 amide bonds. The molecule has 5 heteroatoms. The van der Waals surface area contributed by atoms with E-state index < -0.39 is 0 Å². The third-order valence-corrected chi connectivity index (χ3v) is 5.94. The van der Waals surface area contributed by atoms with Gasteiger partial charge in [-0.2, -0.15) is 0 Å². The lowest BCUT2D eigenvalue weighted by atomic mass is 9.92. The zero-order valence-corrected chi connectivity index (χ0v) is 17.0. The first kappa shape index (κ1) is 20.8. The molecule has 3 nitrogen and oxygen atoms in total. The fraction of sp³-hybridized carbons (Fsp3) is 0.348. The van der Waals surface area contributed by atoms with Crippen LogP contribution in [0.25, 0.3) is 0 Å². The minimum Gasteiger partial charge on any atom is -0.299 e. The highest BCUT2D eigenvalue weighted by Crippen LogP contribution is 2.34. The Labute approximate surface area is 175 Å². The highest BCUT2D eigenvalue weighted by Gasteiger charge is 2.34. The summed E-state index contributed by atoms with van der Waals surface area (Å²) in [4.78, 5) is 37.2. The number of hydrogen-bond acceptors (Lipinski definition) is 3. The molecule has 28 heavy (non-hydrogen) atoms. The first-order valence-electron chi connectivity index (χ1n) is 9.55. The van der Waals surface area contributed by atoms with Gasteiger partial charge in [0.15, 0.2) is 11.6 Å². The molecular weight excluding hydrogens is 395 g/mol. The highest BCUT2D eigenvalue weighted by atomic mass is 35.5. The summed E-state index contributed by atoms with van der Waals surface area (Å²) in [6, 6.07) is 13.6. The maximum Gasteiger partial charge on any atom is 0.162 e. The summed E-state index contributed by atoms with van der Waals surface area (Å²) < 4.78 is 0. The van der Waals surface area contributed by atoms with E-state index in [0.29, 0.717) is 46.9 Å². The van der Waals surface area contributed by atoms with Crippen molar-refractivity contribution in [2.24, 2.45) is 11.8 Å². The van der Waals surface area contributed by atoms with Gasteiger partial charge >= 0.3 is 0 Å². The van der Waals surface area contributed by atoms with Gasteiger partial charge in [-0.25, -0.2) is 0 Å². The van der Waals surface area contributed by atoms with Gasteiger partial charge in [-0.05, 0) is 74.2 Å². The van der Waals surface area contributed by atoms with E-state index in [1.807, 2.05) is 0 Å². The van der Waals surface area contributed by atoms with Crippen LogP contribution in [0.1, 0.15) is 59.2 Å². The van der Waals surface area contributed by atoms with Crippen molar-refractivity contribution in [3.05, 3.63) is 69.7 Å². The fourth-order valence-corrected chi connectivity index (χ4v) is 4.02. The summed E-state index contributed by atoms with van der Waals surface area (Å²) in [5.41, 5.74) is 1.25. The minimum atomic E-state index is -0.0770. The second kappa shape index (κ2) is 9.49. The minimum absolute atomic E-state index is 0.0332. The van der Waals surface area contributed by atoms with Crippen molar-refractivity contribution in [2.45, 2.75) is 38.5 Å².